The second kappa shape index (κ2) is 8.25. The molecule has 0 fully saturated rings. The molecule has 3 rings (SSSR count). The molecule has 0 atom stereocenters. The average molecular weight is 349 g/mol. The van der Waals surface area contributed by atoms with E-state index in [0.717, 1.165) is 23.4 Å². The van der Waals surface area contributed by atoms with Crippen LogP contribution in [-0.2, 0) is 13.0 Å². The summed E-state index contributed by atoms with van der Waals surface area (Å²) in [5.41, 5.74) is 4.24. The number of benzene rings is 2. The van der Waals surface area contributed by atoms with Gasteiger partial charge in [-0.25, -0.2) is 4.39 Å². The molecule has 0 aliphatic heterocycles. The number of aryl methyl sites for hydroxylation is 1. The van der Waals surface area contributed by atoms with Gasteiger partial charge in [-0.15, -0.1) is 0 Å². The minimum Gasteiger partial charge on any atom is -0.354 e. The second-order valence-corrected chi connectivity index (χ2v) is 5.91. The van der Waals surface area contributed by atoms with Crippen LogP contribution in [0.4, 0.5) is 15.8 Å². The molecule has 0 radical (unpaired) electrons. The number of halogens is 1. The Morgan fingerprint density at radius 3 is 2.62 bits per heavy atom. The molecule has 0 unspecified atom stereocenters. The molecule has 1 heterocycles. The number of nitrogens with zero attached hydrogens (tertiary/aromatic N) is 1. The van der Waals surface area contributed by atoms with Gasteiger partial charge in [0, 0.05) is 18.4 Å². The van der Waals surface area contributed by atoms with Gasteiger partial charge in [0.15, 0.2) is 0 Å². The van der Waals surface area contributed by atoms with Gasteiger partial charge in [0.05, 0.1) is 17.4 Å². The summed E-state index contributed by atoms with van der Waals surface area (Å²) in [5, 5.41) is 6.13. The molecule has 5 heteroatoms. The van der Waals surface area contributed by atoms with E-state index < -0.39 is 0 Å². The van der Waals surface area contributed by atoms with Crippen LogP contribution >= 0.6 is 0 Å². The van der Waals surface area contributed by atoms with Crippen molar-refractivity contribution in [3.05, 3.63) is 89.5 Å². The highest BCUT2D eigenvalue weighted by Crippen LogP contribution is 2.21. The number of nitrogens with one attached hydrogen (secondary N) is 2. The topological polar surface area (TPSA) is 54.0 Å². The molecule has 3 aromatic rings. The predicted octanol–water partition coefficient (Wildman–Crippen LogP) is 4.46. The van der Waals surface area contributed by atoms with Crippen LogP contribution in [-0.4, -0.2) is 10.9 Å². The van der Waals surface area contributed by atoms with E-state index in [1.165, 1.54) is 23.9 Å². The number of para-hydroxylation sites is 1. The van der Waals surface area contributed by atoms with E-state index in [4.69, 9.17) is 0 Å². The van der Waals surface area contributed by atoms with Gasteiger partial charge in [-0.2, -0.15) is 0 Å². The molecule has 2 aromatic carbocycles. The molecule has 0 aliphatic carbocycles. The summed E-state index contributed by atoms with van der Waals surface area (Å²) in [5.74, 6) is -0.523. The van der Waals surface area contributed by atoms with Gasteiger partial charge in [0.25, 0.3) is 5.91 Å². The number of anilines is 2. The molecule has 26 heavy (non-hydrogen) atoms. The minimum atomic E-state index is -0.296. The third-order valence-corrected chi connectivity index (χ3v) is 4.04. The van der Waals surface area contributed by atoms with E-state index in [2.05, 4.69) is 28.6 Å². The maximum absolute atomic E-state index is 12.9. The Balaban J connectivity index is 1.68. The number of aromatic nitrogens is 1. The smallest absolute Gasteiger partial charge is 0.253 e. The standard InChI is InChI=1S/C21H20FN3O/c1-2-16-5-3-4-6-20(16)25-19-11-17(13-23-14-19)21(26)24-12-15-7-9-18(22)10-8-15/h3-11,13-14,25H,2,12H2,1H3,(H,24,26). The predicted molar refractivity (Wildman–Crippen MR) is 101 cm³/mol. The summed E-state index contributed by atoms with van der Waals surface area (Å²) in [6, 6.07) is 15.8. The third-order valence-electron chi connectivity index (χ3n) is 4.04. The van der Waals surface area contributed by atoms with Crippen LogP contribution in [0.5, 0.6) is 0 Å². The van der Waals surface area contributed by atoms with Crippen molar-refractivity contribution < 1.29 is 9.18 Å². The van der Waals surface area contributed by atoms with E-state index in [1.54, 1.807) is 24.4 Å². The van der Waals surface area contributed by atoms with Crippen LogP contribution in [0.25, 0.3) is 0 Å². The first-order valence-electron chi connectivity index (χ1n) is 8.48. The Bertz CT molecular complexity index is 894. The van der Waals surface area contributed by atoms with Gasteiger partial charge in [-0.05, 0) is 41.8 Å². The molecular weight excluding hydrogens is 329 g/mol. The van der Waals surface area contributed by atoms with Crippen LogP contribution < -0.4 is 10.6 Å². The largest absolute Gasteiger partial charge is 0.354 e. The molecule has 0 bridgehead atoms. The van der Waals surface area contributed by atoms with Gasteiger partial charge in [0.2, 0.25) is 0 Å². The molecular formula is C21H20FN3O. The molecule has 4 nitrogen and oxygen atoms in total. The van der Waals surface area contributed by atoms with E-state index in [0.29, 0.717) is 12.1 Å². The number of amides is 1. The lowest BCUT2D eigenvalue weighted by Crippen LogP contribution is -2.23. The van der Waals surface area contributed by atoms with Crippen molar-refractivity contribution in [2.45, 2.75) is 19.9 Å². The van der Waals surface area contributed by atoms with Crippen LogP contribution in [0, 0.1) is 5.82 Å². The highest BCUT2D eigenvalue weighted by molar-refractivity contribution is 5.94. The Morgan fingerprint density at radius 1 is 1.08 bits per heavy atom. The average Bonchev–Trinajstić information content (AvgIpc) is 2.68. The Labute approximate surface area is 152 Å². The number of carbonyl (C=O) groups is 1. The molecule has 1 amide bonds. The normalized spacial score (nSPS) is 10.4. The maximum atomic E-state index is 12.9. The molecule has 132 valence electrons. The lowest BCUT2D eigenvalue weighted by Gasteiger charge is -2.11. The summed E-state index contributed by atoms with van der Waals surface area (Å²) < 4.78 is 12.9. The Hall–Kier alpha value is -3.21. The van der Waals surface area contributed by atoms with Gasteiger partial charge >= 0.3 is 0 Å². The van der Waals surface area contributed by atoms with Crippen LogP contribution in [0.15, 0.2) is 67.0 Å². The molecule has 2 N–H and O–H groups in total. The number of carbonyl (C=O) groups excluding carboxylic acids is 1. The zero-order valence-corrected chi connectivity index (χ0v) is 14.5. The third kappa shape index (κ3) is 4.45. The van der Waals surface area contributed by atoms with Crippen molar-refractivity contribution >= 4 is 17.3 Å². The highest BCUT2D eigenvalue weighted by atomic mass is 19.1. The van der Waals surface area contributed by atoms with Gasteiger partial charge in [-0.3, -0.25) is 9.78 Å². The highest BCUT2D eigenvalue weighted by Gasteiger charge is 2.08. The van der Waals surface area contributed by atoms with Crippen LogP contribution in [0.2, 0.25) is 0 Å². The number of rotatable bonds is 6. The maximum Gasteiger partial charge on any atom is 0.253 e. The fraction of sp³-hybridized carbons (Fsp3) is 0.143. The first kappa shape index (κ1) is 17.6. The van der Waals surface area contributed by atoms with Crippen molar-refractivity contribution in [1.82, 2.24) is 10.3 Å². The summed E-state index contributed by atoms with van der Waals surface area (Å²) in [4.78, 5) is 16.5. The lowest BCUT2D eigenvalue weighted by atomic mass is 10.1. The van der Waals surface area contributed by atoms with Crippen molar-refractivity contribution in [2.75, 3.05) is 5.32 Å². The second-order valence-electron chi connectivity index (χ2n) is 5.91. The number of pyridine rings is 1. The molecule has 0 saturated heterocycles. The van der Waals surface area contributed by atoms with Crippen LogP contribution in [0.3, 0.4) is 0 Å². The van der Waals surface area contributed by atoms with Gasteiger partial charge in [-0.1, -0.05) is 37.3 Å². The van der Waals surface area contributed by atoms with Gasteiger partial charge < -0.3 is 10.6 Å². The van der Waals surface area contributed by atoms with Crippen molar-refractivity contribution in [3.8, 4) is 0 Å². The summed E-state index contributed by atoms with van der Waals surface area (Å²) in [6.45, 7) is 2.42. The summed E-state index contributed by atoms with van der Waals surface area (Å²) in [6.07, 6.45) is 4.12. The van der Waals surface area contributed by atoms with E-state index in [9.17, 15) is 9.18 Å². The molecule has 0 saturated carbocycles. The monoisotopic (exact) mass is 349 g/mol. The summed E-state index contributed by atoms with van der Waals surface area (Å²) in [7, 11) is 0. The number of hydrogen-bond donors (Lipinski definition) is 2. The van der Waals surface area contributed by atoms with Crippen LogP contribution in [0.1, 0.15) is 28.4 Å². The van der Waals surface area contributed by atoms with Crippen molar-refractivity contribution in [3.63, 3.8) is 0 Å². The minimum absolute atomic E-state index is 0.228. The molecule has 1 aromatic heterocycles. The zero-order valence-electron chi connectivity index (χ0n) is 14.5. The Morgan fingerprint density at radius 2 is 1.85 bits per heavy atom. The molecule has 0 spiro atoms. The van der Waals surface area contributed by atoms with E-state index in [-0.39, 0.29) is 11.7 Å². The van der Waals surface area contributed by atoms with Crippen molar-refractivity contribution in [2.24, 2.45) is 0 Å². The van der Waals surface area contributed by atoms with E-state index in [1.807, 2.05) is 18.2 Å². The lowest BCUT2D eigenvalue weighted by molar-refractivity contribution is 0.0950. The number of hydrogen-bond acceptors (Lipinski definition) is 3. The first-order valence-corrected chi connectivity index (χ1v) is 8.48. The quantitative estimate of drug-likeness (QED) is 0.691. The molecule has 0 aliphatic rings. The fourth-order valence-corrected chi connectivity index (χ4v) is 2.63. The van der Waals surface area contributed by atoms with E-state index >= 15 is 0 Å². The SMILES string of the molecule is CCc1ccccc1Nc1cncc(C(=O)NCc2ccc(F)cc2)c1. The Kier molecular flexibility index (Phi) is 5.59. The summed E-state index contributed by atoms with van der Waals surface area (Å²) >= 11 is 0. The fourth-order valence-electron chi connectivity index (χ4n) is 2.63. The van der Waals surface area contributed by atoms with Gasteiger partial charge in [0.1, 0.15) is 5.82 Å². The van der Waals surface area contributed by atoms with Crippen molar-refractivity contribution in [1.29, 1.82) is 0 Å². The first-order chi connectivity index (χ1) is 12.7. The zero-order chi connectivity index (χ0) is 18.4.